The zero-order valence-electron chi connectivity index (χ0n) is 7.79. The predicted molar refractivity (Wildman–Crippen MR) is 50.6 cm³/mol. The Kier molecular flexibility index (Phi) is 2.73. The fraction of sp³-hybridized carbons (Fsp3) is 0.625. The normalized spacial score (nSPS) is 21.9. The lowest BCUT2D eigenvalue weighted by molar-refractivity contribution is -0.120. The second-order valence-electron chi connectivity index (χ2n) is 3.37. The summed E-state index contributed by atoms with van der Waals surface area (Å²) < 4.78 is 0. The van der Waals surface area contributed by atoms with E-state index >= 15 is 0 Å². The monoisotopic (exact) mass is 195 g/mol. The van der Waals surface area contributed by atoms with Crippen LogP contribution in [0.4, 0.5) is 5.95 Å². The van der Waals surface area contributed by atoms with Crippen molar-refractivity contribution in [1.29, 1.82) is 0 Å². The van der Waals surface area contributed by atoms with Crippen LogP contribution in [0.2, 0.25) is 0 Å². The number of nitrogens with zero attached hydrogens (tertiary/aromatic N) is 2. The van der Waals surface area contributed by atoms with E-state index in [-0.39, 0.29) is 11.8 Å². The number of aromatic nitrogens is 3. The number of carbonyl (C=O) groups is 1. The second kappa shape index (κ2) is 4.19. The lowest BCUT2D eigenvalue weighted by Gasteiger charge is -2.21. The molecule has 1 aliphatic rings. The summed E-state index contributed by atoms with van der Waals surface area (Å²) in [6, 6.07) is 0. The molecule has 0 unspecified atom stereocenters. The molecule has 1 saturated heterocycles. The highest BCUT2D eigenvalue weighted by molar-refractivity contribution is 5.91. The maximum atomic E-state index is 11.6. The molecule has 0 saturated carbocycles. The van der Waals surface area contributed by atoms with Gasteiger partial charge in [-0.3, -0.25) is 10.1 Å². The molecule has 0 spiro atoms. The molecule has 14 heavy (non-hydrogen) atoms. The third-order valence-corrected chi connectivity index (χ3v) is 2.32. The molecule has 1 fully saturated rings. The summed E-state index contributed by atoms with van der Waals surface area (Å²) in [5.41, 5.74) is 0. The lowest BCUT2D eigenvalue weighted by Crippen LogP contribution is -2.37. The highest BCUT2D eigenvalue weighted by Crippen LogP contribution is 2.11. The Morgan fingerprint density at radius 1 is 1.64 bits per heavy atom. The van der Waals surface area contributed by atoms with Crippen LogP contribution in [0.3, 0.4) is 0 Å². The minimum Gasteiger partial charge on any atom is -0.316 e. The van der Waals surface area contributed by atoms with Gasteiger partial charge in [-0.15, -0.1) is 0 Å². The van der Waals surface area contributed by atoms with Crippen molar-refractivity contribution in [2.45, 2.75) is 12.8 Å². The molecule has 1 amide bonds. The number of hydrogen-bond acceptors (Lipinski definition) is 4. The first-order valence-electron chi connectivity index (χ1n) is 4.73. The number of hydrogen-bond donors (Lipinski definition) is 3. The lowest BCUT2D eigenvalue weighted by atomic mass is 9.99. The molecule has 0 bridgehead atoms. The van der Waals surface area contributed by atoms with Gasteiger partial charge < -0.3 is 5.32 Å². The molecule has 1 aliphatic heterocycles. The van der Waals surface area contributed by atoms with Gasteiger partial charge in [-0.05, 0) is 19.4 Å². The first kappa shape index (κ1) is 9.14. The maximum absolute atomic E-state index is 11.6. The molecule has 2 rings (SSSR count). The Morgan fingerprint density at radius 3 is 3.21 bits per heavy atom. The first-order valence-corrected chi connectivity index (χ1v) is 4.73. The SMILES string of the molecule is O=C(Nc1ncn[nH]1)[C@@H]1CCCNC1. The molecular formula is C8H13N5O. The molecule has 76 valence electrons. The van der Waals surface area contributed by atoms with Crippen molar-refractivity contribution in [2.24, 2.45) is 5.92 Å². The highest BCUT2D eigenvalue weighted by Gasteiger charge is 2.21. The third-order valence-electron chi connectivity index (χ3n) is 2.32. The van der Waals surface area contributed by atoms with E-state index in [2.05, 4.69) is 25.8 Å². The number of rotatable bonds is 2. The van der Waals surface area contributed by atoms with Crippen LogP contribution < -0.4 is 10.6 Å². The number of amides is 1. The number of H-pyrrole nitrogens is 1. The summed E-state index contributed by atoms with van der Waals surface area (Å²) in [5.74, 6) is 0.475. The second-order valence-corrected chi connectivity index (χ2v) is 3.37. The highest BCUT2D eigenvalue weighted by atomic mass is 16.2. The van der Waals surface area contributed by atoms with E-state index in [1.54, 1.807) is 0 Å². The van der Waals surface area contributed by atoms with Gasteiger partial charge in [-0.25, -0.2) is 5.10 Å². The van der Waals surface area contributed by atoms with Crippen LogP contribution in [0.15, 0.2) is 6.33 Å². The number of carbonyl (C=O) groups excluding carboxylic acids is 1. The quantitative estimate of drug-likeness (QED) is 0.607. The minimum atomic E-state index is 0.00829. The summed E-state index contributed by atoms with van der Waals surface area (Å²) in [7, 11) is 0. The average Bonchev–Trinajstić information content (AvgIpc) is 2.72. The molecule has 1 aromatic heterocycles. The Morgan fingerprint density at radius 2 is 2.57 bits per heavy atom. The van der Waals surface area contributed by atoms with Gasteiger partial charge in [0.25, 0.3) is 0 Å². The minimum absolute atomic E-state index is 0.00829. The summed E-state index contributed by atoms with van der Waals surface area (Å²) >= 11 is 0. The van der Waals surface area contributed by atoms with Crippen LogP contribution in [0.5, 0.6) is 0 Å². The van der Waals surface area contributed by atoms with Crippen molar-refractivity contribution in [1.82, 2.24) is 20.5 Å². The maximum Gasteiger partial charge on any atom is 0.231 e. The van der Waals surface area contributed by atoms with E-state index in [9.17, 15) is 4.79 Å². The van der Waals surface area contributed by atoms with Gasteiger partial charge >= 0.3 is 0 Å². The van der Waals surface area contributed by atoms with Crippen LogP contribution in [0, 0.1) is 5.92 Å². The van der Waals surface area contributed by atoms with Crippen LogP contribution >= 0.6 is 0 Å². The Bertz CT molecular complexity index is 291. The van der Waals surface area contributed by atoms with Gasteiger partial charge in [0.05, 0.1) is 5.92 Å². The molecular weight excluding hydrogens is 182 g/mol. The van der Waals surface area contributed by atoms with Gasteiger partial charge in [0.2, 0.25) is 11.9 Å². The number of aromatic amines is 1. The van der Waals surface area contributed by atoms with Crippen LogP contribution in [0.1, 0.15) is 12.8 Å². The third kappa shape index (κ3) is 2.08. The van der Waals surface area contributed by atoms with Crippen LogP contribution in [-0.4, -0.2) is 34.2 Å². The standard InChI is InChI=1S/C8H13N5O/c14-7(6-2-1-3-9-4-6)12-8-10-5-11-13-8/h5-6,9H,1-4H2,(H2,10,11,12,13,14)/t6-/m1/s1. The summed E-state index contributed by atoms with van der Waals surface area (Å²) in [5, 5.41) is 12.1. The first-order chi connectivity index (χ1) is 6.86. The molecule has 6 nitrogen and oxygen atoms in total. The Balaban J connectivity index is 1.88. The van der Waals surface area contributed by atoms with E-state index in [4.69, 9.17) is 0 Å². The zero-order chi connectivity index (χ0) is 9.80. The largest absolute Gasteiger partial charge is 0.316 e. The predicted octanol–water partition coefficient (Wildman–Crippen LogP) is -0.257. The number of nitrogens with one attached hydrogen (secondary N) is 3. The summed E-state index contributed by atoms with van der Waals surface area (Å²) in [6.45, 7) is 1.76. The fourth-order valence-corrected chi connectivity index (χ4v) is 1.56. The smallest absolute Gasteiger partial charge is 0.231 e. The van der Waals surface area contributed by atoms with Crippen LogP contribution in [-0.2, 0) is 4.79 Å². The molecule has 0 radical (unpaired) electrons. The van der Waals surface area contributed by atoms with Gasteiger partial charge in [0, 0.05) is 6.54 Å². The van der Waals surface area contributed by atoms with E-state index in [1.165, 1.54) is 6.33 Å². The van der Waals surface area contributed by atoms with E-state index < -0.39 is 0 Å². The molecule has 0 aromatic carbocycles. The zero-order valence-corrected chi connectivity index (χ0v) is 7.79. The summed E-state index contributed by atoms with van der Waals surface area (Å²) in [4.78, 5) is 15.5. The van der Waals surface area contributed by atoms with Crippen LogP contribution in [0.25, 0.3) is 0 Å². The van der Waals surface area contributed by atoms with E-state index in [1.807, 2.05) is 0 Å². The van der Waals surface area contributed by atoms with Crippen molar-refractivity contribution in [3.8, 4) is 0 Å². The molecule has 1 aromatic rings. The van der Waals surface area contributed by atoms with Gasteiger partial charge in [0.1, 0.15) is 6.33 Å². The topological polar surface area (TPSA) is 82.7 Å². The van der Waals surface area contributed by atoms with E-state index in [0.29, 0.717) is 5.95 Å². The van der Waals surface area contributed by atoms with Crippen molar-refractivity contribution >= 4 is 11.9 Å². The summed E-state index contributed by atoms with van der Waals surface area (Å²) in [6.07, 6.45) is 3.36. The van der Waals surface area contributed by atoms with Crippen molar-refractivity contribution in [2.75, 3.05) is 18.4 Å². The Hall–Kier alpha value is -1.43. The van der Waals surface area contributed by atoms with Crippen molar-refractivity contribution in [3.05, 3.63) is 6.33 Å². The number of piperidine rings is 1. The average molecular weight is 195 g/mol. The van der Waals surface area contributed by atoms with Crippen molar-refractivity contribution < 1.29 is 4.79 Å². The van der Waals surface area contributed by atoms with Crippen molar-refractivity contribution in [3.63, 3.8) is 0 Å². The van der Waals surface area contributed by atoms with Gasteiger partial charge in [-0.2, -0.15) is 10.1 Å². The van der Waals surface area contributed by atoms with Gasteiger partial charge in [0.15, 0.2) is 0 Å². The fourth-order valence-electron chi connectivity index (χ4n) is 1.56. The molecule has 2 heterocycles. The molecule has 6 heteroatoms. The number of anilines is 1. The molecule has 3 N–H and O–H groups in total. The molecule has 0 aliphatic carbocycles. The van der Waals surface area contributed by atoms with E-state index in [0.717, 1.165) is 25.9 Å². The molecule has 1 atom stereocenters. The van der Waals surface area contributed by atoms with Gasteiger partial charge in [-0.1, -0.05) is 0 Å². The Labute approximate surface area is 81.5 Å².